The summed E-state index contributed by atoms with van der Waals surface area (Å²) in [5, 5.41) is 0. The van der Waals surface area contributed by atoms with Gasteiger partial charge in [0.1, 0.15) is 16.5 Å². The van der Waals surface area contributed by atoms with Gasteiger partial charge in [0.05, 0.1) is 0 Å². The van der Waals surface area contributed by atoms with E-state index in [0.717, 1.165) is 5.66 Å². The molecule has 0 aromatic carbocycles. The van der Waals surface area contributed by atoms with Crippen LogP contribution in [0.15, 0.2) is 0 Å². The minimum Gasteiger partial charge on any atom is -0.324 e. The van der Waals surface area contributed by atoms with Crippen LogP contribution >= 0.6 is 8.07 Å². The lowest BCUT2D eigenvalue weighted by atomic mass is 10.6. The summed E-state index contributed by atoms with van der Waals surface area (Å²) in [5.41, 5.74) is 0.855. The lowest BCUT2D eigenvalue weighted by Gasteiger charge is -2.50. The van der Waals surface area contributed by atoms with Crippen molar-refractivity contribution in [3.63, 3.8) is 0 Å². The molecular weight excluding hydrogens is 245 g/mol. The first-order chi connectivity index (χ1) is 7.01. The summed E-state index contributed by atoms with van der Waals surface area (Å²) in [6, 6.07) is 0. The Labute approximate surface area is 107 Å². The lowest BCUT2D eigenvalue weighted by molar-refractivity contribution is 0.896. The van der Waals surface area contributed by atoms with E-state index in [-0.39, 0.29) is 8.07 Å². The fraction of sp³-hybridized carbons (Fsp3) is 1.00. The van der Waals surface area contributed by atoms with Crippen molar-refractivity contribution in [2.75, 3.05) is 6.16 Å². The highest BCUT2D eigenvalue weighted by atomic mass is 31.1. The van der Waals surface area contributed by atoms with Gasteiger partial charge in [-0.1, -0.05) is 66.5 Å². The van der Waals surface area contributed by atoms with Gasteiger partial charge in [-0.25, -0.2) is 0 Å². The first-order valence-electron chi connectivity index (χ1n) is 6.58. The third kappa shape index (κ3) is 4.99. The summed E-state index contributed by atoms with van der Waals surface area (Å²) in [6.45, 7) is 22.3. The minimum atomic E-state index is -1.16. The Kier molecular flexibility index (Phi) is 6.44. The molecule has 0 rings (SSSR count). The van der Waals surface area contributed by atoms with Crippen molar-refractivity contribution in [2.24, 2.45) is 0 Å². The molecule has 0 aliphatic heterocycles. The van der Waals surface area contributed by atoms with E-state index in [1.807, 2.05) is 0 Å². The Balaban J connectivity index is 5.14. The minimum absolute atomic E-state index is 0.0975. The maximum Gasteiger partial charge on any atom is 0.116 e. The summed E-state index contributed by atoms with van der Waals surface area (Å²) in [7, 11) is -2.23. The Morgan fingerprint density at radius 1 is 0.938 bits per heavy atom. The van der Waals surface area contributed by atoms with Gasteiger partial charge in [0.25, 0.3) is 0 Å². The molecule has 0 N–H and O–H groups in total. The average molecular weight is 278 g/mol. The SMILES string of the molecule is CCCP(C(C)C)N([Si](C)(C)C)[Si](C)(C)C. The zero-order valence-corrected chi connectivity index (χ0v) is 15.8. The third-order valence-corrected chi connectivity index (χ3v) is 16.9. The number of hydrogen-bond donors (Lipinski definition) is 0. The molecule has 0 saturated carbocycles. The van der Waals surface area contributed by atoms with E-state index in [1.54, 1.807) is 0 Å². The Morgan fingerprint density at radius 3 is 1.50 bits per heavy atom. The highest BCUT2D eigenvalue weighted by Gasteiger charge is 2.39. The second-order valence-corrected chi connectivity index (χ2v) is 20.4. The molecule has 0 aliphatic carbocycles. The molecule has 1 nitrogen and oxygen atoms in total. The average Bonchev–Trinajstić information content (AvgIpc) is 1.97. The van der Waals surface area contributed by atoms with E-state index in [2.05, 4.69) is 64.1 Å². The molecule has 0 aromatic heterocycles. The van der Waals surface area contributed by atoms with Crippen molar-refractivity contribution in [3.05, 3.63) is 0 Å². The van der Waals surface area contributed by atoms with Crippen LogP contribution in [0.5, 0.6) is 0 Å². The topological polar surface area (TPSA) is 3.24 Å². The van der Waals surface area contributed by atoms with Crippen molar-refractivity contribution in [2.45, 2.75) is 72.1 Å². The van der Waals surface area contributed by atoms with Crippen LogP contribution in [0.2, 0.25) is 39.3 Å². The molecule has 0 fully saturated rings. The molecular formula is C12H32NPSi2. The molecule has 98 valence electrons. The number of hydrogen-bond acceptors (Lipinski definition) is 1. The van der Waals surface area contributed by atoms with Gasteiger partial charge < -0.3 is 4.00 Å². The zero-order chi connectivity index (χ0) is 13.1. The Hall–Kier alpha value is 0.824. The largest absolute Gasteiger partial charge is 0.324 e. The predicted octanol–water partition coefficient (Wildman–Crippen LogP) is 5.17. The molecule has 0 saturated heterocycles. The monoisotopic (exact) mass is 277 g/mol. The van der Waals surface area contributed by atoms with Crippen molar-refractivity contribution < 1.29 is 0 Å². The van der Waals surface area contributed by atoms with Crippen LogP contribution in [0.3, 0.4) is 0 Å². The Morgan fingerprint density at radius 2 is 1.31 bits per heavy atom. The molecule has 1 atom stereocenters. The van der Waals surface area contributed by atoms with Crippen LogP contribution in [-0.2, 0) is 0 Å². The molecule has 0 aromatic rings. The van der Waals surface area contributed by atoms with Crippen LogP contribution in [0.4, 0.5) is 0 Å². The molecule has 0 aliphatic rings. The zero-order valence-electron chi connectivity index (χ0n) is 12.9. The summed E-state index contributed by atoms with van der Waals surface area (Å²) in [6.07, 6.45) is 2.77. The van der Waals surface area contributed by atoms with Crippen molar-refractivity contribution in [1.82, 2.24) is 4.00 Å². The van der Waals surface area contributed by atoms with Gasteiger partial charge in [-0.2, -0.15) is 0 Å². The van der Waals surface area contributed by atoms with Gasteiger partial charge in [0.2, 0.25) is 0 Å². The molecule has 0 amide bonds. The predicted molar refractivity (Wildman–Crippen MR) is 85.7 cm³/mol. The summed E-state index contributed by atoms with van der Waals surface area (Å²) >= 11 is 0. The molecule has 0 heterocycles. The molecule has 4 heteroatoms. The maximum absolute atomic E-state index is 3.05. The quantitative estimate of drug-likeness (QED) is 0.478. The highest BCUT2D eigenvalue weighted by Crippen LogP contribution is 2.51. The molecule has 16 heavy (non-hydrogen) atoms. The fourth-order valence-electron chi connectivity index (χ4n) is 2.60. The number of rotatable bonds is 6. The van der Waals surface area contributed by atoms with E-state index in [0.29, 0.717) is 0 Å². The van der Waals surface area contributed by atoms with Gasteiger partial charge in [-0.15, -0.1) is 0 Å². The highest BCUT2D eigenvalue weighted by molar-refractivity contribution is 7.60. The van der Waals surface area contributed by atoms with Crippen LogP contribution in [0.1, 0.15) is 27.2 Å². The Bertz CT molecular complexity index is 192. The second kappa shape index (κ2) is 6.13. The van der Waals surface area contributed by atoms with Crippen LogP contribution in [0.25, 0.3) is 0 Å². The number of nitrogens with zero attached hydrogens (tertiary/aromatic N) is 1. The first-order valence-corrected chi connectivity index (χ1v) is 15.0. The normalized spacial score (nSPS) is 15.9. The van der Waals surface area contributed by atoms with Crippen LogP contribution < -0.4 is 0 Å². The van der Waals surface area contributed by atoms with E-state index >= 15 is 0 Å². The van der Waals surface area contributed by atoms with Crippen molar-refractivity contribution >= 4 is 24.5 Å². The second-order valence-electron chi connectivity index (χ2n) is 6.91. The third-order valence-electron chi connectivity index (χ3n) is 2.58. The van der Waals surface area contributed by atoms with Gasteiger partial charge >= 0.3 is 0 Å². The van der Waals surface area contributed by atoms with Gasteiger partial charge in [0, 0.05) is 0 Å². The van der Waals surface area contributed by atoms with Crippen molar-refractivity contribution in [1.29, 1.82) is 0 Å². The van der Waals surface area contributed by atoms with E-state index in [1.165, 1.54) is 12.6 Å². The molecule has 0 radical (unpaired) electrons. The van der Waals surface area contributed by atoms with Crippen molar-refractivity contribution in [3.8, 4) is 0 Å². The van der Waals surface area contributed by atoms with E-state index in [4.69, 9.17) is 0 Å². The fourth-order valence-corrected chi connectivity index (χ4v) is 20.4. The van der Waals surface area contributed by atoms with E-state index < -0.39 is 16.5 Å². The standard InChI is InChI=1S/C12H32NPSi2/c1-10-11-14(12(2)3)13(15(4,5)6)16(7,8)9/h12H,10-11H2,1-9H3. The first kappa shape index (κ1) is 16.8. The van der Waals surface area contributed by atoms with Gasteiger partial charge in [0.15, 0.2) is 0 Å². The molecule has 0 bridgehead atoms. The summed E-state index contributed by atoms with van der Waals surface area (Å²) in [4.78, 5) is 0. The maximum atomic E-state index is 3.05. The van der Waals surface area contributed by atoms with Crippen LogP contribution in [0, 0.1) is 0 Å². The van der Waals surface area contributed by atoms with E-state index in [9.17, 15) is 0 Å². The summed E-state index contributed by atoms with van der Waals surface area (Å²) in [5.74, 6) is 0. The molecule has 0 spiro atoms. The van der Waals surface area contributed by atoms with Gasteiger partial charge in [-0.3, -0.25) is 0 Å². The summed E-state index contributed by atoms with van der Waals surface area (Å²) < 4.78 is 3.05. The van der Waals surface area contributed by atoms with Crippen LogP contribution in [-0.4, -0.2) is 32.3 Å². The lowest BCUT2D eigenvalue weighted by Crippen LogP contribution is -2.56. The molecule has 1 unspecified atom stereocenters. The van der Waals surface area contributed by atoms with Gasteiger partial charge in [-0.05, 0) is 19.9 Å². The smallest absolute Gasteiger partial charge is 0.116 e.